The Morgan fingerprint density at radius 1 is 1.04 bits per heavy atom. The highest BCUT2D eigenvalue weighted by Crippen LogP contribution is 2.12. The summed E-state index contributed by atoms with van der Waals surface area (Å²) >= 11 is 0. The van der Waals surface area contributed by atoms with Crippen LogP contribution in [0.4, 0.5) is 0 Å². The molecule has 0 spiro atoms. The molecule has 0 unspecified atom stereocenters. The van der Waals surface area contributed by atoms with E-state index in [0.717, 1.165) is 10.9 Å². The maximum Gasteiger partial charge on any atom is 0.274 e. The summed E-state index contributed by atoms with van der Waals surface area (Å²) in [5.74, 6) is -0.0732. The van der Waals surface area contributed by atoms with E-state index in [2.05, 4.69) is 10.4 Å². The predicted molar refractivity (Wildman–Crippen MR) is 89.0 cm³/mol. The summed E-state index contributed by atoms with van der Waals surface area (Å²) in [7, 11) is 1.62. The van der Waals surface area contributed by atoms with Crippen LogP contribution in [0, 0.1) is 0 Å². The molecular weight excluding hydrogens is 290 g/mol. The molecule has 2 aromatic carbocycles. The second-order valence-electron chi connectivity index (χ2n) is 5.36. The SMILES string of the molecule is Cn1nc(CNC(=O)Cc2ccccc2)c2ccccc2c1=O. The number of aromatic nitrogens is 2. The lowest BCUT2D eigenvalue weighted by Gasteiger charge is -2.09. The molecule has 0 aliphatic heterocycles. The molecule has 1 amide bonds. The van der Waals surface area contributed by atoms with Crippen molar-refractivity contribution >= 4 is 16.7 Å². The van der Waals surface area contributed by atoms with Crippen molar-refractivity contribution in [1.82, 2.24) is 15.1 Å². The van der Waals surface area contributed by atoms with Gasteiger partial charge in [-0.15, -0.1) is 0 Å². The maximum absolute atomic E-state index is 12.1. The van der Waals surface area contributed by atoms with Crippen LogP contribution in [0.25, 0.3) is 10.8 Å². The summed E-state index contributed by atoms with van der Waals surface area (Å²) < 4.78 is 1.31. The molecule has 0 saturated carbocycles. The molecule has 0 aliphatic rings. The third-order valence-electron chi connectivity index (χ3n) is 3.69. The molecule has 0 aliphatic carbocycles. The number of carbonyl (C=O) groups excluding carboxylic acids is 1. The first-order valence-corrected chi connectivity index (χ1v) is 7.40. The molecule has 1 heterocycles. The topological polar surface area (TPSA) is 64.0 Å². The Morgan fingerprint density at radius 3 is 2.43 bits per heavy atom. The molecule has 5 heteroatoms. The lowest BCUT2D eigenvalue weighted by atomic mass is 10.1. The van der Waals surface area contributed by atoms with Crippen LogP contribution in [0.15, 0.2) is 59.4 Å². The van der Waals surface area contributed by atoms with Crippen LogP contribution in [0.5, 0.6) is 0 Å². The van der Waals surface area contributed by atoms with Gasteiger partial charge in [0.1, 0.15) is 0 Å². The zero-order valence-electron chi connectivity index (χ0n) is 12.8. The van der Waals surface area contributed by atoms with Gasteiger partial charge in [0, 0.05) is 12.4 Å². The van der Waals surface area contributed by atoms with Crippen LogP contribution < -0.4 is 10.9 Å². The summed E-state index contributed by atoms with van der Waals surface area (Å²) in [6.45, 7) is 0.292. The number of hydrogen-bond acceptors (Lipinski definition) is 3. The predicted octanol–water partition coefficient (Wildman–Crippen LogP) is 1.79. The van der Waals surface area contributed by atoms with Crippen LogP contribution in [0.2, 0.25) is 0 Å². The van der Waals surface area contributed by atoms with Crippen molar-refractivity contribution < 1.29 is 4.79 Å². The number of carbonyl (C=O) groups is 1. The third kappa shape index (κ3) is 3.29. The first kappa shape index (κ1) is 15.0. The largest absolute Gasteiger partial charge is 0.350 e. The van der Waals surface area contributed by atoms with Gasteiger partial charge in [-0.3, -0.25) is 9.59 Å². The molecule has 23 heavy (non-hydrogen) atoms. The molecule has 116 valence electrons. The van der Waals surface area contributed by atoms with Crippen LogP contribution in [-0.4, -0.2) is 15.7 Å². The fourth-order valence-electron chi connectivity index (χ4n) is 2.53. The number of benzene rings is 2. The van der Waals surface area contributed by atoms with Crippen LogP contribution in [0.3, 0.4) is 0 Å². The molecule has 1 N–H and O–H groups in total. The van der Waals surface area contributed by atoms with Gasteiger partial charge in [-0.2, -0.15) is 5.10 Å². The highest BCUT2D eigenvalue weighted by molar-refractivity contribution is 5.84. The quantitative estimate of drug-likeness (QED) is 0.799. The van der Waals surface area contributed by atoms with Gasteiger partial charge in [0.25, 0.3) is 5.56 Å². The standard InChI is InChI=1S/C18H17N3O2/c1-21-18(23)15-10-6-5-9-14(15)16(20-21)12-19-17(22)11-13-7-3-2-4-8-13/h2-10H,11-12H2,1H3,(H,19,22). The molecule has 1 aromatic heterocycles. The summed E-state index contributed by atoms with van der Waals surface area (Å²) in [6.07, 6.45) is 0.324. The van der Waals surface area contributed by atoms with Gasteiger partial charge in [-0.1, -0.05) is 48.5 Å². The number of aryl methyl sites for hydroxylation is 1. The molecular formula is C18H17N3O2. The lowest BCUT2D eigenvalue weighted by molar-refractivity contribution is -0.120. The van der Waals surface area contributed by atoms with E-state index >= 15 is 0 Å². The van der Waals surface area contributed by atoms with Gasteiger partial charge < -0.3 is 5.32 Å². The number of rotatable bonds is 4. The van der Waals surface area contributed by atoms with Crippen LogP contribution in [-0.2, 0) is 24.8 Å². The zero-order chi connectivity index (χ0) is 16.2. The summed E-state index contributed by atoms with van der Waals surface area (Å²) in [5, 5.41) is 8.52. The molecule has 0 radical (unpaired) electrons. The lowest BCUT2D eigenvalue weighted by Crippen LogP contribution is -2.28. The number of hydrogen-bond donors (Lipinski definition) is 1. The second kappa shape index (κ2) is 6.44. The van der Waals surface area contributed by atoms with Crippen molar-refractivity contribution in [2.24, 2.45) is 7.05 Å². The monoisotopic (exact) mass is 307 g/mol. The Labute approximate surface area is 133 Å². The van der Waals surface area contributed by atoms with E-state index in [1.54, 1.807) is 13.1 Å². The number of amides is 1. The number of nitrogens with zero attached hydrogens (tertiary/aromatic N) is 2. The number of fused-ring (bicyclic) bond motifs is 1. The molecule has 3 rings (SSSR count). The van der Waals surface area contributed by atoms with E-state index in [-0.39, 0.29) is 11.5 Å². The van der Waals surface area contributed by atoms with E-state index in [9.17, 15) is 9.59 Å². The third-order valence-corrected chi connectivity index (χ3v) is 3.69. The first-order valence-electron chi connectivity index (χ1n) is 7.40. The fraction of sp³-hybridized carbons (Fsp3) is 0.167. The zero-order valence-corrected chi connectivity index (χ0v) is 12.8. The minimum Gasteiger partial charge on any atom is -0.350 e. The number of nitrogens with one attached hydrogen (secondary N) is 1. The van der Waals surface area contributed by atoms with Crippen molar-refractivity contribution in [1.29, 1.82) is 0 Å². The van der Waals surface area contributed by atoms with E-state index in [1.165, 1.54) is 4.68 Å². The average Bonchev–Trinajstić information content (AvgIpc) is 2.58. The van der Waals surface area contributed by atoms with Crippen LogP contribution in [0.1, 0.15) is 11.3 Å². The molecule has 0 fully saturated rings. The molecule has 0 atom stereocenters. The van der Waals surface area contributed by atoms with Crippen molar-refractivity contribution in [3.63, 3.8) is 0 Å². The molecule has 3 aromatic rings. The van der Waals surface area contributed by atoms with Crippen molar-refractivity contribution in [3.8, 4) is 0 Å². The molecule has 0 bridgehead atoms. The minimum atomic E-state index is -0.139. The first-order chi connectivity index (χ1) is 11.1. The Kier molecular flexibility index (Phi) is 4.19. The average molecular weight is 307 g/mol. The van der Waals surface area contributed by atoms with Gasteiger partial charge in [-0.25, -0.2) is 4.68 Å². The van der Waals surface area contributed by atoms with Gasteiger partial charge in [0.15, 0.2) is 0 Å². The van der Waals surface area contributed by atoms with E-state index < -0.39 is 0 Å². The molecule has 0 saturated heterocycles. The highest BCUT2D eigenvalue weighted by atomic mass is 16.1. The van der Waals surface area contributed by atoms with E-state index in [4.69, 9.17) is 0 Å². The van der Waals surface area contributed by atoms with Crippen molar-refractivity contribution in [2.75, 3.05) is 0 Å². The summed E-state index contributed by atoms with van der Waals surface area (Å²) in [6, 6.07) is 16.9. The highest BCUT2D eigenvalue weighted by Gasteiger charge is 2.10. The Balaban J connectivity index is 1.78. The Hall–Kier alpha value is -2.95. The summed E-state index contributed by atoms with van der Waals surface area (Å²) in [4.78, 5) is 24.1. The van der Waals surface area contributed by atoms with Crippen molar-refractivity contribution in [3.05, 3.63) is 76.2 Å². The smallest absolute Gasteiger partial charge is 0.274 e. The normalized spacial score (nSPS) is 10.7. The molecule has 5 nitrogen and oxygen atoms in total. The van der Waals surface area contributed by atoms with Gasteiger partial charge in [0.2, 0.25) is 5.91 Å². The van der Waals surface area contributed by atoms with Gasteiger partial charge >= 0.3 is 0 Å². The summed E-state index contributed by atoms with van der Waals surface area (Å²) in [5.41, 5.74) is 1.51. The van der Waals surface area contributed by atoms with Gasteiger partial charge in [-0.05, 0) is 11.6 Å². The maximum atomic E-state index is 12.1. The fourth-order valence-corrected chi connectivity index (χ4v) is 2.53. The second-order valence-corrected chi connectivity index (χ2v) is 5.36. The van der Waals surface area contributed by atoms with Crippen molar-refractivity contribution in [2.45, 2.75) is 13.0 Å². The Morgan fingerprint density at radius 2 is 1.70 bits per heavy atom. The minimum absolute atomic E-state index is 0.0732. The van der Waals surface area contributed by atoms with E-state index in [0.29, 0.717) is 24.0 Å². The Bertz CT molecular complexity index is 901. The van der Waals surface area contributed by atoms with Crippen LogP contribution >= 0.6 is 0 Å². The van der Waals surface area contributed by atoms with E-state index in [1.807, 2.05) is 48.5 Å². The van der Waals surface area contributed by atoms with Gasteiger partial charge in [0.05, 0.1) is 24.0 Å².